The number of aromatic nitrogens is 4. The van der Waals surface area contributed by atoms with Crippen molar-refractivity contribution in [3.63, 3.8) is 0 Å². The molecule has 0 unspecified atom stereocenters. The summed E-state index contributed by atoms with van der Waals surface area (Å²) < 4.78 is 12.4. The summed E-state index contributed by atoms with van der Waals surface area (Å²) in [6, 6.07) is 1.84. The molecule has 0 aliphatic carbocycles. The Labute approximate surface area is 170 Å². The molecule has 1 fully saturated rings. The molecule has 1 aliphatic rings. The maximum Gasteiger partial charge on any atom is 0.247 e. The first kappa shape index (κ1) is 19.9. The number of aliphatic hydroxyl groups excluding tert-OH is 2. The zero-order valence-corrected chi connectivity index (χ0v) is 16.5. The predicted octanol–water partition coefficient (Wildman–Crippen LogP) is 0.273. The molecular formula is C18H21N7O5. The van der Waals surface area contributed by atoms with E-state index in [1.165, 1.54) is 24.0 Å². The molecule has 0 bridgehead atoms. The van der Waals surface area contributed by atoms with Crippen molar-refractivity contribution in [1.82, 2.24) is 19.5 Å². The van der Waals surface area contributed by atoms with Gasteiger partial charge in [0.2, 0.25) is 5.95 Å². The molecule has 0 saturated carbocycles. The molecule has 5 N–H and O–H groups in total. The average Bonchev–Trinajstić information content (AvgIpc) is 3.33. The van der Waals surface area contributed by atoms with E-state index in [2.05, 4.69) is 25.5 Å². The smallest absolute Gasteiger partial charge is 0.247 e. The lowest BCUT2D eigenvalue weighted by molar-refractivity contribution is -0.133. The second-order valence-corrected chi connectivity index (χ2v) is 7.05. The van der Waals surface area contributed by atoms with Gasteiger partial charge >= 0.3 is 0 Å². The first-order chi connectivity index (χ1) is 14.3. The minimum absolute atomic E-state index is 0.0779. The summed E-state index contributed by atoms with van der Waals surface area (Å²) in [7, 11) is 0. The number of hydrogen-bond acceptors (Lipinski definition) is 11. The van der Waals surface area contributed by atoms with E-state index < -0.39 is 30.3 Å². The van der Waals surface area contributed by atoms with Crippen LogP contribution in [0.1, 0.15) is 30.2 Å². The molecule has 1 saturated heterocycles. The molecule has 3 aromatic rings. The summed E-state index contributed by atoms with van der Waals surface area (Å²) in [5.41, 5.74) is 10.2. The number of ketones is 1. The summed E-state index contributed by atoms with van der Waals surface area (Å²) >= 11 is 0. The number of nitrogen functional groups attached to an aromatic ring is 1. The molecule has 0 amide bonds. The predicted molar refractivity (Wildman–Crippen MR) is 106 cm³/mol. The van der Waals surface area contributed by atoms with Crippen molar-refractivity contribution >= 4 is 34.9 Å². The Morgan fingerprint density at radius 3 is 2.73 bits per heavy atom. The third kappa shape index (κ3) is 3.40. The van der Waals surface area contributed by atoms with E-state index in [1.54, 1.807) is 0 Å². The summed E-state index contributed by atoms with van der Waals surface area (Å²) in [5.74, 6) is 1.11. The molecule has 4 heterocycles. The van der Waals surface area contributed by atoms with Gasteiger partial charge in [0.05, 0.1) is 12.5 Å². The standard InChI is InChI=1S/C18H21N7O5/c1-7-4-10(29-9(7)3)5-21-24-18-22-15(19)11-16(23-18)25(6-20-11)17-13(28)12(27)14(30-17)8(2)26/h4-6,12-14,17,27-28H,1-3H3,(H3,19,22,23,24)/b21-5-/t12-,13+,14+,17+/m0/s1. The molecule has 12 nitrogen and oxygen atoms in total. The van der Waals surface area contributed by atoms with Crippen LogP contribution in [0.25, 0.3) is 11.2 Å². The first-order valence-corrected chi connectivity index (χ1v) is 9.14. The fourth-order valence-electron chi connectivity index (χ4n) is 3.22. The summed E-state index contributed by atoms with van der Waals surface area (Å²) in [4.78, 5) is 24.2. The number of imidazole rings is 1. The van der Waals surface area contributed by atoms with Gasteiger partial charge in [-0.2, -0.15) is 15.1 Å². The zero-order chi connectivity index (χ0) is 21.6. The number of nitrogens with two attached hydrogens (primary N) is 1. The molecule has 12 heteroatoms. The number of aryl methyl sites for hydroxylation is 2. The van der Waals surface area contributed by atoms with Crippen LogP contribution in [0.15, 0.2) is 21.9 Å². The first-order valence-electron chi connectivity index (χ1n) is 9.14. The number of ether oxygens (including phenoxy) is 1. The monoisotopic (exact) mass is 415 g/mol. The number of nitrogens with zero attached hydrogens (tertiary/aromatic N) is 5. The summed E-state index contributed by atoms with van der Waals surface area (Å²) in [6.45, 7) is 5.05. The molecule has 158 valence electrons. The van der Waals surface area contributed by atoms with E-state index in [0.717, 1.165) is 11.3 Å². The molecule has 1 aliphatic heterocycles. The number of aliphatic hydroxyl groups is 2. The molecule has 0 aromatic carbocycles. The van der Waals surface area contributed by atoms with Crippen LogP contribution < -0.4 is 11.2 Å². The Morgan fingerprint density at radius 1 is 1.33 bits per heavy atom. The molecule has 3 aromatic heterocycles. The number of rotatable bonds is 5. The lowest BCUT2D eigenvalue weighted by Crippen LogP contribution is -2.34. The number of Topliss-reactive ketones (excluding diaryl/α,β-unsaturated/α-hetero) is 1. The average molecular weight is 415 g/mol. The van der Waals surface area contributed by atoms with E-state index in [-0.39, 0.29) is 22.9 Å². The molecule has 30 heavy (non-hydrogen) atoms. The van der Waals surface area contributed by atoms with E-state index in [1.807, 2.05) is 19.9 Å². The number of hydrazone groups is 1. The highest BCUT2D eigenvalue weighted by atomic mass is 16.6. The van der Waals surface area contributed by atoms with Crippen LogP contribution >= 0.6 is 0 Å². The number of anilines is 2. The normalized spacial score (nSPS) is 24.2. The van der Waals surface area contributed by atoms with Gasteiger partial charge in [0.25, 0.3) is 0 Å². The largest absolute Gasteiger partial charge is 0.460 e. The third-order valence-electron chi connectivity index (χ3n) is 4.90. The lowest BCUT2D eigenvalue weighted by atomic mass is 10.1. The van der Waals surface area contributed by atoms with Crippen molar-refractivity contribution < 1.29 is 24.2 Å². The maximum atomic E-state index is 11.6. The third-order valence-corrected chi connectivity index (χ3v) is 4.90. The highest BCUT2D eigenvalue weighted by Gasteiger charge is 2.46. The van der Waals surface area contributed by atoms with E-state index in [0.29, 0.717) is 5.76 Å². The van der Waals surface area contributed by atoms with Gasteiger partial charge in [-0.05, 0) is 32.4 Å². The quantitative estimate of drug-likeness (QED) is 0.334. The van der Waals surface area contributed by atoms with Gasteiger partial charge in [0.15, 0.2) is 23.5 Å². The topological polar surface area (TPSA) is 174 Å². The van der Waals surface area contributed by atoms with Gasteiger partial charge in [-0.25, -0.2) is 10.4 Å². The van der Waals surface area contributed by atoms with Crippen LogP contribution in [0.4, 0.5) is 11.8 Å². The molecule has 0 spiro atoms. The number of carbonyl (C=O) groups is 1. The Morgan fingerprint density at radius 2 is 2.10 bits per heavy atom. The highest BCUT2D eigenvalue weighted by molar-refractivity contribution is 5.84. The molecule has 4 rings (SSSR count). The summed E-state index contributed by atoms with van der Waals surface area (Å²) in [5, 5.41) is 24.5. The molecule has 4 atom stereocenters. The fraction of sp³-hybridized carbons (Fsp3) is 0.389. The number of furan rings is 1. The SMILES string of the molecule is CC(=O)[C@H]1O[C@@H](n2cnc3c(N)nc(N/N=C\c4cc(C)c(C)o4)nc32)[C@H](O)[C@@H]1O. The van der Waals surface area contributed by atoms with Crippen LogP contribution in [0.3, 0.4) is 0 Å². The van der Waals surface area contributed by atoms with Gasteiger partial charge in [0.1, 0.15) is 35.3 Å². The second-order valence-electron chi connectivity index (χ2n) is 7.05. The van der Waals surface area contributed by atoms with Crippen LogP contribution in [-0.4, -0.2) is 60.0 Å². The minimum Gasteiger partial charge on any atom is -0.460 e. The van der Waals surface area contributed by atoms with Crippen LogP contribution in [0, 0.1) is 13.8 Å². The zero-order valence-electron chi connectivity index (χ0n) is 16.5. The van der Waals surface area contributed by atoms with Gasteiger partial charge in [-0.1, -0.05) is 0 Å². The van der Waals surface area contributed by atoms with Gasteiger partial charge in [0, 0.05) is 0 Å². The number of hydrogen-bond donors (Lipinski definition) is 4. The van der Waals surface area contributed by atoms with E-state index >= 15 is 0 Å². The Hall–Kier alpha value is -3.35. The van der Waals surface area contributed by atoms with Gasteiger partial charge in [-0.3, -0.25) is 9.36 Å². The number of carbonyl (C=O) groups excluding carboxylic acids is 1. The second kappa shape index (κ2) is 7.48. The van der Waals surface area contributed by atoms with Crippen molar-refractivity contribution in [2.75, 3.05) is 11.2 Å². The van der Waals surface area contributed by atoms with Crippen molar-refractivity contribution in [3.05, 3.63) is 29.5 Å². The van der Waals surface area contributed by atoms with Crippen LogP contribution in [0.2, 0.25) is 0 Å². The van der Waals surface area contributed by atoms with Gasteiger partial charge < -0.3 is 25.1 Å². The van der Waals surface area contributed by atoms with Crippen molar-refractivity contribution in [3.8, 4) is 0 Å². The van der Waals surface area contributed by atoms with Crippen LogP contribution in [-0.2, 0) is 9.53 Å². The number of fused-ring (bicyclic) bond motifs is 1. The van der Waals surface area contributed by atoms with Gasteiger partial charge in [-0.15, -0.1) is 0 Å². The Bertz CT molecular complexity index is 1120. The fourth-order valence-corrected chi connectivity index (χ4v) is 3.22. The minimum atomic E-state index is -1.37. The lowest BCUT2D eigenvalue weighted by Gasteiger charge is -2.16. The summed E-state index contributed by atoms with van der Waals surface area (Å²) in [6.07, 6.45) is -2.12. The van der Waals surface area contributed by atoms with Crippen molar-refractivity contribution in [1.29, 1.82) is 0 Å². The van der Waals surface area contributed by atoms with Crippen molar-refractivity contribution in [2.45, 2.75) is 45.3 Å². The van der Waals surface area contributed by atoms with E-state index in [9.17, 15) is 15.0 Å². The Kier molecular flexibility index (Phi) is 4.97. The highest BCUT2D eigenvalue weighted by Crippen LogP contribution is 2.32. The van der Waals surface area contributed by atoms with Crippen LogP contribution in [0.5, 0.6) is 0 Å². The maximum absolute atomic E-state index is 11.6. The van der Waals surface area contributed by atoms with E-state index in [4.69, 9.17) is 14.9 Å². The Balaban J connectivity index is 1.62. The molecular weight excluding hydrogens is 394 g/mol. The molecule has 0 radical (unpaired) electrons. The van der Waals surface area contributed by atoms with Crippen molar-refractivity contribution in [2.24, 2.45) is 5.10 Å². The number of nitrogens with one attached hydrogen (secondary N) is 1.